The van der Waals surface area contributed by atoms with Gasteiger partial charge in [0.15, 0.2) is 0 Å². The molecule has 1 heterocycles. The summed E-state index contributed by atoms with van der Waals surface area (Å²) in [7, 11) is 0. The summed E-state index contributed by atoms with van der Waals surface area (Å²) < 4.78 is 4.11. The average Bonchev–Trinajstić information content (AvgIpc) is 1.87. The summed E-state index contributed by atoms with van der Waals surface area (Å²) in [5.74, 6) is -0.521. The predicted molar refractivity (Wildman–Crippen MR) is 18.5 cm³/mol. The summed E-state index contributed by atoms with van der Waals surface area (Å²) in [5.41, 5.74) is 0. The zero-order valence-electron chi connectivity index (χ0n) is 3.34. The van der Waals surface area contributed by atoms with Crippen molar-refractivity contribution in [2.24, 2.45) is 0 Å². The minimum Gasteiger partial charge on any atom is -0.351 e. The monoisotopic (exact) mass is 101 g/mol. The van der Waals surface area contributed by atoms with Gasteiger partial charge in [-0.15, -0.1) is 0 Å². The second kappa shape index (κ2) is 1.48. The van der Waals surface area contributed by atoms with Crippen LogP contribution in [0.4, 0.5) is 0 Å². The van der Waals surface area contributed by atoms with Gasteiger partial charge in [0.25, 0.3) is 5.91 Å². The van der Waals surface area contributed by atoms with Crippen LogP contribution >= 0.6 is 0 Å². The standard InChI is InChI=1S/C3H3NO3/c5-2-1-7-3(6)4-2/h3,6H,(H,4,5). The van der Waals surface area contributed by atoms with Gasteiger partial charge in [-0.1, -0.05) is 0 Å². The van der Waals surface area contributed by atoms with Crippen LogP contribution in [0.2, 0.25) is 0 Å². The molecule has 0 saturated carbocycles. The van der Waals surface area contributed by atoms with Crippen LogP contribution < -0.4 is 5.32 Å². The van der Waals surface area contributed by atoms with Gasteiger partial charge in [0.2, 0.25) is 13.0 Å². The maximum Gasteiger partial charge on any atom is 0.263 e. The molecule has 0 bridgehead atoms. The number of nitrogens with one attached hydrogen (secondary N) is 1. The van der Waals surface area contributed by atoms with E-state index in [0.29, 0.717) is 0 Å². The molecule has 0 aromatic rings. The average molecular weight is 101 g/mol. The molecule has 1 saturated heterocycles. The first-order valence-corrected chi connectivity index (χ1v) is 1.69. The minimum absolute atomic E-state index is 0.521. The van der Waals surface area contributed by atoms with Gasteiger partial charge in [0.05, 0.1) is 0 Å². The lowest BCUT2D eigenvalue weighted by Gasteiger charge is -1.94. The fourth-order valence-electron chi connectivity index (χ4n) is 0.280. The maximum absolute atomic E-state index is 9.95. The number of rotatable bonds is 0. The molecule has 1 unspecified atom stereocenters. The summed E-state index contributed by atoms with van der Waals surface area (Å²) >= 11 is 0. The van der Waals surface area contributed by atoms with E-state index in [4.69, 9.17) is 5.11 Å². The van der Waals surface area contributed by atoms with Crippen LogP contribution in [0.5, 0.6) is 0 Å². The topological polar surface area (TPSA) is 58.6 Å². The van der Waals surface area contributed by atoms with Gasteiger partial charge < -0.3 is 15.2 Å². The van der Waals surface area contributed by atoms with Gasteiger partial charge in [0, 0.05) is 0 Å². The van der Waals surface area contributed by atoms with Crippen molar-refractivity contribution in [2.45, 2.75) is 6.41 Å². The van der Waals surface area contributed by atoms with Crippen molar-refractivity contribution in [3.05, 3.63) is 6.61 Å². The Balaban J connectivity index is 2.40. The molecule has 2 radical (unpaired) electrons. The maximum atomic E-state index is 9.95. The number of amides is 1. The summed E-state index contributed by atoms with van der Waals surface area (Å²) in [6.45, 7) is 1.87. The zero-order chi connectivity index (χ0) is 5.28. The van der Waals surface area contributed by atoms with Crippen LogP contribution in [-0.4, -0.2) is 17.4 Å². The van der Waals surface area contributed by atoms with E-state index in [0.717, 1.165) is 0 Å². The Bertz CT molecular complexity index is 92.2. The van der Waals surface area contributed by atoms with Crippen molar-refractivity contribution >= 4 is 5.91 Å². The normalized spacial score (nSPS) is 30.4. The van der Waals surface area contributed by atoms with E-state index < -0.39 is 12.3 Å². The Kier molecular flexibility index (Phi) is 0.958. The quantitative estimate of drug-likeness (QED) is 0.388. The Morgan fingerprint density at radius 2 is 2.71 bits per heavy atom. The lowest BCUT2D eigenvalue weighted by atomic mass is 10.7. The molecule has 1 aliphatic heterocycles. The number of hydrogen-bond acceptors (Lipinski definition) is 3. The molecule has 1 amide bonds. The van der Waals surface area contributed by atoms with Gasteiger partial charge in [-0.2, -0.15) is 0 Å². The summed E-state index contributed by atoms with van der Waals surface area (Å²) in [4.78, 5) is 9.95. The Hall–Kier alpha value is -0.610. The molecule has 1 atom stereocenters. The molecule has 2 N–H and O–H groups in total. The molecule has 1 aliphatic rings. The first-order valence-electron chi connectivity index (χ1n) is 1.69. The molecular formula is C3H3NO3. The minimum atomic E-state index is -1.19. The third-order valence-corrected chi connectivity index (χ3v) is 0.518. The largest absolute Gasteiger partial charge is 0.351 e. The fraction of sp³-hybridized carbons (Fsp3) is 0.333. The van der Waals surface area contributed by atoms with Gasteiger partial charge in [0.1, 0.15) is 0 Å². The lowest BCUT2D eigenvalue weighted by molar-refractivity contribution is -0.117. The second-order valence-corrected chi connectivity index (χ2v) is 1.05. The van der Waals surface area contributed by atoms with Crippen molar-refractivity contribution in [1.29, 1.82) is 0 Å². The molecule has 0 aliphatic carbocycles. The van der Waals surface area contributed by atoms with E-state index in [1.165, 1.54) is 0 Å². The van der Waals surface area contributed by atoms with Crippen LogP contribution in [0.15, 0.2) is 0 Å². The number of hydrogen-bond donors (Lipinski definition) is 2. The van der Waals surface area contributed by atoms with Crippen molar-refractivity contribution in [2.75, 3.05) is 0 Å². The van der Waals surface area contributed by atoms with Crippen LogP contribution in [0.1, 0.15) is 0 Å². The Morgan fingerprint density at radius 1 is 2.00 bits per heavy atom. The van der Waals surface area contributed by atoms with Crippen LogP contribution in [0.25, 0.3) is 0 Å². The lowest BCUT2D eigenvalue weighted by Crippen LogP contribution is -2.24. The summed E-state index contributed by atoms with van der Waals surface area (Å²) in [5, 5.41) is 10.3. The first kappa shape index (κ1) is 4.55. The van der Waals surface area contributed by atoms with E-state index in [1.807, 2.05) is 11.9 Å². The smallest absolute Gasteiger partial charge is 0.263 e. The van der Waals surface area contributed by atoms with Gasteiger partial charge in [-0.05, 0) is 0 Å². The molecule has 0 spiro atoms. The van der Waals surface area contributed by atoms with Crippen molar-refractivity contribution in [3.8, 4) is 0 Å². The highest BCUT2D eigenvalue weighted by molar-refractivity contribution is 5.84. The molecule has 0 aromatic carbocycles. The third kappa shape index (κ3) is 0.880. The highest BCUT2D eigenvalue weighted by Gasteiger charge is 2.19. The van der Waals surface area contributed by atoms with Crippen molar-refractivity contribution in [1.82, 2.24) is 5.32 Å². The number of carbonyl (C=O) groups excluding carboxylic acids is 1. The summed E-state index contributed by atoms with van der Waals surface area (Å²) in [6, 6.07) is 0. The number of aliphatic hydroxyl groups excluding tert-OH is 1. The Morgan fingerprint density at radius 3 is 2.86 bits per heavy atom. The molecule has 1 rings (SSSR count). The SMILES string of the molecule is O=C1[C]OC(O)N1. The second-order valence-electron chi connectivity index (χ2n) is 1.05. The van der Waals surface area contributed by atoms with E-state index in [1.54, 1.807) is 0 Å². The highest BCUT2D eigenvalue weighted by atomic mass is 16.6. The molecule has 0 aromatic heterocycles. The van der Waals surface area contributed by atoms with E-state index >= 15 is 0 Å². The first-order chi connectivity index (χ1) is 3.29. The highest BCUT2D eigenvalue weighted by Crippen LogP contribution is 1.94. The van der Waals surface area contributed by atoms with Crippen LogP contribution in [0.3, 0.4) is 0 Å². The van der Waals surface area contributed by atoms with Crippen LogP contribution in [-0.2, 0) is 9.53 Å². The molecule has 7 heavy (non-hydrogen) atoms. The number of aliphatic hydroxyl groups is 1. The van der Waals surface area contributed by atoms with E-state index in [9.17, 15) is 4.79 Å². The third-order valence-electron chi connectivity index (χ3n) is 0.518. The van der Waals surface area contributed by atoms with E-state index in [-0.39, 0.29) is 0 Å². The molecular weight excluding hydrogens is 98.0 g/mol. The van der Waals surface area contributed by atoms with Crippen LogP contribution in [0, 0.1) is 6.61 Å². The molecule has 4 heteroatoms. The van der Waals surface area contributed by atoms with Gasteiger partial charge in [-0.3, -0.25) is 4.79 Å². The Labute approximate surface area is 40.1 Å². The molecule has 38 valence electrons. The zero-order valence-corrected chi connectivity index (χ0v) is 3.34. The van der Waals surface area contributed by atoms with E-state index in [2.05, 4.69) is 4.74 Å². The molecule has 1 fully saturated rings. The van der Waals surface area contributed by atoms with Gasteiger partial charge >= 0.3 is 0 Å². The van der Waals surface area contributed by atoms with Crippen molar-refractivity contribution in [3.63, 3.8) is 0 Å². The fourth-order valence-corrected chi connectivity index (χ4v) is 0.280. The predicted octanol–water partition coefficient (Wildman–Crippen LogP) is -1.55. The molecule has 4 nitrogen and oxygen atoms in total. The number of carbonyl (C=O) groups is 1. The van der Waals surface area contributed by atoms with Crippen molar-refractivity contribution < 1.29 is 14.6 Å². The summed E-state index contributed by atoms with van der Waals surface area (Å²) in [6.07, 6.45) is -1.19. The number of ether oxygens (including phenoxy) is 1. The van der Waals surface area contributed by atoms with Gasteiger partial charge in [-0.25, -0.2) is 0 Å².